The second-order valence-electron chi connectivity index (χ2n) is 3.06. The zero-order valence-electron chi connectivity index (χ0n) is 7.57. The molecule has 76 valence electrons. The van der Waals surface area contributed by atoms with E-state index in [1.165, 1.54) is 11.3 Å². The van der Waals surface area contributed by atoms with E-state index in [0.29, 0.717) is 4.34 Å². The number of allylic oxidation sites excluding steroid dienone is 1. The molecule has 0 aromatic carbocycles. The van der Waals surface area contributed by atoms with Gasteiger partial charge in [0.25, 0.3) is 0 Å². The standard InChI is InChI=1S/C9H11ClN2OS/c10-8-6-12-9(14-8)11-5-7-3-1-2-4-13-7/h2,4,6-7H,1,3,5H2,(H,11,12). The summed E-state index contributed by atoms with van der Waals surface area (Å²) in [4.78, 5) is 4.10. The van der Waals surface area contributed by atoms with Crippen LogP contribution in [0.1, 0.15) is 12.8 Å². The van der Waals surface area contributed by atoms with E-state index in [1.54, 1.807) is 12.5 Å². The fourth-order valence-electron chi connectivity index (χ4n) is 1.27. The number of thiazole rings is 1. The highest BCUT2D eigenvalue weighted by Crippen LogP contribution is 2.22. The second-order valence-corrected chi connectivity index (χ2v) is 4.72. The van der Waals surface area contributed by atoms with Crippen molar-refractivity contribution < 1.29 is 4.74 Å². The fraction of sp³-hybridized carbons (Fsp3) is 0.444. The Hall–Kier alpha value is -0.740. The van der Waals surface area contributed by atoms with Crippen LogP contribution in [0.2, 0.25) is 4.34 Å². The van der Waals surface area contributed by atoms with Gasteiger partial charge >= 0.3 is 0 Å². The Morgan fingerprint density at radius 2 is 2.64 bits per heavy atom. The first-order valence-electron chi connectivity index (χ1n) is 4.50. The summed E-state index contributed by atoms with van der Waals surface area (Å²) in [7, 11) is 0. The van der Waals surface area contributed by atoms with Gasteiger partial charge in [0.2, 0.25) is 0 Å². The summed E-state index contributed by atoms with van der Waals surface area (Å²) in [6.45, 7) is 0.786. The van der Waals surface area contributed by atoms with Crippen molar-refractivity contribution in [3.05, 3.63) is 22.9 Å². The molecule has 0 amide bonds. The number of anilines is 1. The lowest BCUT2D eigenvalue weighted by molar-refractivity contribution is 0.135. The molecule has 0 aliphatic carbocycles. The molecule has 1 aromatic heterocycles. The number of ether oxygens (including phenoxy) is 1. The average molecular weight is 231 g/mol. The van der Waals surface area contributed by atoms with Crippen molar-refractivity contribution in [2.45, 2.75) is 18.9 Å². The van der Waals surface area contributed by atoms with E-state index >= 15 is 0 Å². The van der Waals surface area contributed by atoms with Gasteiger partial charge in [-0.15, -0.1) is 0 Å². The maximum absolute atomic E-state index is 5.76. The summed E-state index contributed by atoms with van der Waals surface area (Å²) in [6, 6.07) is 0. The molecular formula is C9H11ClN2OS. The molecule has 0 fully saturated rings. The predicted octanol–water partition coefficient (Wildman–Crippen LogP) is 2.90. The van der Waals surface area contributed by atoms with E-state index in [-0.39, 0.29) is 6.10 Å². The Kier molecular flexibility index (Phi) is 3.26. The average Bonchev–Trinajstić information content (AvgIpc) is 2.63. The normalized spacial score (nSPS) is 20.5. The van der Waals surface area contributed by atoms with Crippen molar-refractivity contribution in [3.8, 4) is 0 Å². The summed E-state index contributed by atoms with van der Waals surface area (Å²) in [5, 5.41) is 4.05. The minimum Gasteiger partial charge on any atom is -0.497 e. The molecular weight excluding hydrogens is 220 g/mol. The molecule has 14 heavy (non-hydrogen) atoms. The van der Waals surface area contributed by atoms with E-state index in [4.69, 9.17) is 16.3 Å². The summed E-state index contributed by atoms with van der Waals surface area (Å²) in [5.74, 6) is 0. The lowest BCUT2D eigenvalue weighted by atomic mass is 10.1. The van der Waals surface area contributed by atoms with Crippen LogP contribution in [0.15, 0.2) is 18.5 Å². The number of nitrogens with one attached hydrogen (secondary N) is 1. The summed E-state index contributed by atoms with van der Waals surface area (Å²) in [5.41, 5.74) is 0. The third-order valence-corrected chi connectivity index (χ3v) is 3.05. The SMILES string of the molecule is Clc1cnc(NCC2CCC=CO2)s1. The van der Waals surface area contributed by atoms with Gasteiger partial charge in [0, 0.05) is 0 Å². The van der Waals surface area contributed by atoms with Crippen molar-refractivity contribution in [1.82, 2.24) is 4.98 Å². The third kappa shape index (κ3) is 2.62. The molecule has 2 rings (SSSR count). The van der Waals surface area contributed by atoms with Gasteiger partial charge in [-0.1, -0.05) is 22.9 Å². The van der Waals surface area contributed by atoms with Crippen molar-refractivity contribution in [2.24, 2.45) is 0 Å². The lowest BCUT2D eigenvalue weighted by Gasteiger charge is -2.19. The van der Waals surface area contributed by atoms with Crippen LogP contribution in [0.3, 0.4) is 0 Å². The van der Waals surface area contributed by atoms with Crippen molar-refractivity contribution in [1.29, 1.82) is 0 Å². The first kappa shape index (κ1) is 9.80. The van der Waals surface area contributed by atoms with Crippen molar-refractivity contribution >= 4 is 28.1 Å². The topological polar surface area (TPSA) is 34.2 Å². The van der Waals surface area contributed by atoms with Crippen LogP contribution in [-0.4, -0.2) is 17.6 Å². The van der Waals surface area contributed by atoms with E-state index in [9.17, 15) is 0 Å². The van der Waals surface area contributed by atoms with Gasteiger partial charge in [-0.05, 0) is 18.9 Å². The van der Waals surface area contributed by atoms with E-state index in [1.807, 2.05) is 6.08 Å². The number of hydrogen-bond acceptors (Lipinski definition) is 4. The van der Waals surface area contributed by atoms with Crippen LogP contribution in [0.4, 0.5) is 5.13 Å². The molecule has 0 saturated heterocycles. The summed E-state index contributed by atoms with van der Waals surface area (Å²) >= 11 is 7.20. The van der Waals surface area contributed by atoms with Crippen LogP contribution in [0, 0.1) is 0 Å². The Bertz CT molecular complexity index is 326. The Balaban J connectivity index is 1.79. The lowest BCUT2D eigenvalue weighted by Crippen LogP contribution is -2.22. The molecule has 0 spiro atoms. The number of halogens is 1. The maximum Gasteiger partial charge on any atom is 0.184 e. The number of nitrogens with zero attached hydrogens (tertiary/aromatic N) is 1. The summed E-state index contributed by atoms with van der Waals surface area (Å²) < 4.78 is 6.11. The van der Waals surface area contributed by atoms with Gasteiger partial charge < -0.3 is 10.1 Å². The number of aromatic nitrogens is 1. The first-order chi connectivity index (χ1) is 6.84. The Labute approximate surface area is 91.8 Å². The van der Waals surface area contributed by atoms with E-state index in [0.717, 1.165) is 24.5 Å². The van der Waals surface area contributed by atoms with Crippen LogP contribution < -0.4 is 5.32 Å². The van der Waals surface area contributed by atoms with Gasteiger partial charge in [-0.2, -0.15) is 0 Å². The van der Waals surface area contributed by atoms with Gasteiger partial charge in [0.1, 0.15) is 10.4 Å². The first-order valence-corrected chi connectivity index (χ1v) is 5.70. The number of hydrogen-bond donors (Lipinski definition) is 1. The smallest absolute Gasteiger partial charge is 0.184 e. The van der Waals surface area contributed by atoms with Gasteiger partial charge in [-0.25, -0.2) is 4.98 Å². The van der Waals surface area contributed by atoms with Crippen LogP contribution in [0.25, 0.3) is 0 Å². The quantitative estimate of drug-likeness (QED) is 0.867. The molecule has 2 heterocycles. The predicted molar refractivity (Wildman–Crippen MR) is 58.9 cm³/mol. The zero-order chi connectivity index (χ0) is 9.80. The Morgan fingerprint density at radius 1 is 1.71 bits per heavy atom. The molecule has 0 saturated carbocycles. The maximum atomic E-state index is 5.76. The number of rotatable bonds is 3. The van der Waals surface area contributed by atoms with Crippen LogP contribution in [-0.2, 0) is 4.74 Å². The van der Waals surface area contributed by atoms with Gasteiger partial charge in [0.05, 0.1) is 19.0 Å². The highest BCUT2D eigenvalue weighted by molar-refractivity contribution is 7.19. The zero-order valence-corrected chi connectivity index (χ0v) is 9.14. The van der Waals surface area contributed by atoms with Gasteiger partial charge in [0.15, 0.2) is 5.13 Å². The monoisotopic (exact) mass is 230 g/mol. The van der Waals surface area contributed by atoms with Crippen LogP contribution >= 0.6 is 22.9 Å². The molecule has 5 heteroatoms. The van der Waals surface area contributed by atoms with Gasteiger partial charge in [-0.3, -0.25) is 0 Å². The van der Waals surface area contributed by atoms with E-state index in [2.05, 4.69) is 10.3 Å². The minimum absolute atomic E-state index is 0.252. The highest BCUT2D eigenvalue weighted by Gasteiger charge is 2.11. The Morgan fingerprint density at radius 3 is 3.29 bits per heavy atom. The molecule has 1 aliphatic heterocycles. The molecule has 1 unspecified atom stereocenters. The largest absolute Gasteiger partial charge is 0.497 e. The molecule has 0 radical (unpaired) electrons. The molecule has 3 nitrogen and oxygen atoms in total. The highest BCUT2D eigenvalue weighted by atomic mass is 35.5. The third-order valence-electron chi connectivity index (χ3n) is 1.98. The molecule has 1 aromatic rings. The molecule has 1 atom stereocenters. The second kappa shape index (κ2) is 4.66. The molecule has 0 bridgehead atoms. The fourth-order valence-corrected chi connectivity index (χ4v) is 2.09. The molecule has 1 aliphatic rings. The molecule has 1 N–H and O–H groups in total. The van der Waals surface area contributed by atoms with Crippen molar-refractivity contribution in [3.63, 3.8) is 0 Å². The summed E-state index contributed by atoms with van der Waals surface area (Å²) in [6.07, 6.45) is 7.85. The van der Waals surface area contributed by atoms with Crippen LogP contribution in [0.5, 0.6) is 0 Å². The van der Waals surface area contributed by atoms with Crippen molar-refractivity contribution in [2.75, 3.05) is 11.9 Å². The minimum atomic E-state index is 0.252. The van der Waals surface area contributed by atoms with E-state index < -0.39 is 0 Å².